The van der Waals surface area contributed by atoms with E-state index in [-0.39, 0.29) is 33.0 Å². The van der Waals surface area contributed by atoms with Crippen molar-refractivity contribution in [3.63, 3.8) is 0 Å². The molecule has 2 heterocycles. The molecule has 10 atom stereocenters. The van der Waals surface area contributed by atoms with E-state index in [0.717, 1.165) is 50.1 Å². The van der Waals surface area contributed by atoms with Crippen LogP contribution in [0.25, 0.3) is 5.76 Å². The van der Waals surface area contributed by atoms with E-state index in [1.807, 2.05) is 237 Å². The molecule has 0 aliphatic carbocycles. The summed E-state index contributed by atoms with van der Waals surface area (Å²) >= 11 is 0. The van der Waals surface area contributed by atoms with E-state index in [4.69, 9.17) is 56.8 Å². The van der Waals surface area contributed by atoms with Crippen LogP contribution in [0.2, 0.25) is 0 Å². The minimum atomic E-state index is -0.947. The van der Waals surface area contributed by atoms with Gasteiger partial charge in [0, 0.05) is 12.7 Å². The molecule has 0 amide bonds. The van der Waals surface area contributed by atoms with Crippen LogP contribution in [0.4, 0.5) is 0 Å². The van der Waals surface area contributed by atoms with Gasteiger partial charge in [-0.05, 0) is 44.5 Å². The van der Waals surface area contributed by atoms with Crippen LogP contribution >= 0.6 is 0 Å². The van der Waals surface area contributed by atoms with Gasteiger partial charge in [-0.15, -0.1) is 0 Å². The Labute approximate surface area is 488 Å². The van der Waals surface area contributed by atoms with Crippen molar-refractivity contribution in [1.29, 1.82) is 0 Å². The maximum atomic E-state index is 7.06. The zero-order valence-electron chi connectivity index (χ0n) is 47.0. The summed E-state index contributed by atoms with van der Waals surface area (Å²) < 4.78 is 81.4. The maximum absolute atomic E-state index is 7.06. The molecule has 83 heavy (non-hydrogen) atoms. The molecule has 0 aromatic heterocycles. The molecule has 1 unspecified atom stereocenters. The first-order chi connectivity index (χ1) is 41.0. The van der Waals surface area contributed by atoms with Gasteiger partial charge < -0.3 is 56.8 Å². The molecule has 2 fully saturated rings. The predicted octanol–water partition coefficient (Wildman–Crippen LogP) is 13.0. The fourth-order valence-corrected chi connectivity index (χ4v) is 10.3. The Balaban J connectivity index is 0.909. The van der Waals surface area contributed by atoms with E-state index in [9.17, 15) is 0 Å². The fourth-order valence-electron chi connectivity index (χ4n) is 10.3. The summed E-state index contributed by atoms with van der Waals surface area (Å²) in [6, 6.07) is 78.3. The molecule has 0 spiro atoms. The van der Waals surface area contributed by atoms with Gasteiger partial charge in [0.05, 0.1) is 59.5 Å². The first-order valence-electron chi connectivity index (χ1n) is 28.4. The minimum absolute atomic E-state index is 0.0422. The molecular formula is C71H74O12. The molecule has 2 aliphatic rings. The average Bonchev–Trinajstić information content (AvgIpc) is 3.73. The van der Waals surface area contributed by atoms with E-state index in [1.54, 1.807) is 7.11 Å². The largest absolute Gasteiger partial charge is 0.491 e. The highest BCUT2D eigenvalue weighted by atomic mass is 16.7. The van der Waals surface area contributed by atoms with Crippen LogP contribution in [0.15, 0.2) is 243 Å². The Kier molecular flexibility index (Phi) is 22.4. The van der Waals surface area contributed by atoms with Crippen molar-refractivity contribution in [2.75, 3.05) is 20.3 Å². The second-order valence-electron chi connectivity index (χ2n) is 20.6. The lowest BCUT2D eigenvalue weighted by Gasteiger charge is -2.46. The summed E-state index contributed by atoms with van der Waals surface area (Å²) in [5.41, 5.74) is 8.56. The molecule has 2 saturated heterocycles. The van der Waals surface area contributed by atoms with Gasteiger partial charge in [0.2, 0.25) is 0 Å². The second kappa shape index (κ2) is 31.5. The van der Waals surface area contributed by atoms with Crippen molar-refractivity contribution in [3.8, 4) is 0 Å². The van der Waals surface area contributed by atoms with Crippen molar-refractivity contribution in [3.05, 3.63) is 293 Å². The third-order valence-corrected chi connectivity index (χ3v) is 14.7. The Morgan fingerprint density at radius 2 is 0.639 bits per heavy atom. The summed E-state index contributed by atoms with van der Waals surface area (Å²) in [5, 5.41) is 0. The van der Waals surface area contributed by atoms with Crippen LogP contribution < -0.4 is 0 Å². The average molecular weight is 1120 g/mol. The maximum Gasteiger partial charge on any atom is 0.187 e. The number of ether oxygens (including phenoxy) is 12. The van der Waals surface area contributed by atoms with Gasteiger partial charge in [-0.3, -0.25) is 0 Å². The van der Waals surface area contributed by atoms with Crippen LogP contribution in [0.1, 0.15) is 50.1 Å². The number of hydrogen-bond acceptors (Lipinski definition) is 12. The zero-order chi connectivity index (χ0) is 56.7. The second-order valence-corrected chi connectivity index (χ2v) is 20.6. The molecule has 10 rings (SSSR count). The third-order valence-electron chi connectivity index (χ3n) is 14.7. The SMILES string of the molecule is C=C(OC[C@H]1O[C@H](OC)[C@H](OCc2ccccc2)[C@@H](OCc2ccccc2)[C@@H]1OCc1ccccc1)c1ccccc1COC1O[C@H](COCc2ccccc2)[C@@H](OCc2ccccc2)[C@H](OCc2ccccc2)[C@@H]1OCc1ccccc1. The summed E-state index contributed by atoms with van der Waals surface area (Å²) in [5.74, 6) is 0.403. The molecule has 12 heteroatoms. The highest BCUT2D eigenvalue weighted by Gasteiger charge is 2.51. The standard InChI is InChI=1S/C71H74O12/c1-52(74-51-63-65(76-44-55-30-14-5-15-31-55)66(77-45-56-32-16-6-17-33-56)68(70(72-2)82-63)79-47-58-36-20-8-21-37-58)61-41-25-24-40-60(61)49-81-71-69(80-48-59-38-22-9-23-39-59)67(78-46-57-34-18-7-19-35-57)64(75-43-54-28-12-4-13-29-54)62(83-71)50-73-42-53-26-10-3-11-27-53/h3-41,62-71H,1,42-51H2,2H3/t62-,63-,64-,65-,66+,67+,68-,69+,70+,71?/m1/s1. The van der Waals surface area contributed by atoms with Gasteiger partial charge in [0.1, 0.15) is 61.2 Å². The molecule has 8 aromatic rings. The summed E-state index contributed by atoms with van der Waals surface area (Å²) in [7, 11) is 1.61. The Morgan fingerprint density at radius 3 is 1.04 bits per heavy atom. The van der Waals surface area contributed by atoms with Crippen molar-refractivity contribution in [1.82, 2.24) is 0 Å². The Bertz CT molecular complexity index is 3090. The summed E-state index contributed by atoms with van der Waals surface area (Å²) in [6.07, 6.45) is -7.16. The van der Waals surface area contributed by atoms with E-state index in [0.29, 0.717) is 38.8 Å². The third kappa shape index (κ3) is 17.2. The van der Waals surface area contributed by atoms with Crippen molar-refractivity contribution < 1.29 is 56.8 Å². The van der Waals surface area contributed by atoms with Crippen molar-refractivity contribution >= 4 is 5.76 Å². The number of methoxy groups -OCH3 is 1. The number of benzene rings is 8. The van der Waals surface area contributed by atoms with E-state index in [2.05, 4.69) is 6.58 Å². The monoisotopic (exact) mass is 1120 g/mol. The normalized spacial score (nSPS) is 22.4. The predicted molar refractivity (Wildman–Crippen MR) is 317 cm³/mol. The molecule has 0 bridgehead atoms. The van der Waals surface area contributed by atoms with Crippen LogP contribution in [0.3, 0.4) is 0 Å². The molecular weight excluding hydrogens is 1040 g/mol. The molecule has 0 radical (unpaired) electrons. The number of rotatable bonds is 30. The lowest BCUT2D eigenvalue weighted by molar-refractivity contribution is -0.330. The summed E-state index contributed by atoms with van der Waals surface area (Å²) in [6.45, 7) is 6.96. The Morgan fingerprint density at radius 1 is 0.325 bits per heavy atom. The highest BCUT2D eigenvalue weighted by Crippen LogP contribution is 2.35. The summed E-state index contributed by atoms with van der Waals surface area (Å²) in [4.78, 5) is 0. The van der Waals surface area contributed by atoms with Crippen molar-refractivity contribution in [2.45, 2.75) is 114 Å². The van der Waals surface area contributed by atoms with Crippen LogP contribution in [0.5, 0.6) is 0 Å². The lowest BCUT2D eigenvalue weighted by Crippen LogP contribution is -2.61. The van der Waals surface area contributed by atoms with E-state index in [1.165, 1.54) is 0 Å². The van der Waals surface area contributed by atoms with Crippen molar-refractivity contribution in [2.24, 2.45) is 0 Å². The van der Waals surface area contributed by atoms with Gasteiger partial charge in [-0.2, -0.15) is 0 Å². The molecule has 0 N–H and O–H groups in total. The molecule has 8 aromatic carbocycles. The topological polar surface area (TPSA) is 111 Å². The molecule has 2 aliphatic heterocycles. The van der Waals surface area contributed by atoms with Gasteiger partial charge >= 0.3 is 0 Å². The first kappa shape index (κ1) is 59.0. The van der Waals surface area contributed by atoms with Gasteiger partial charge in [0.15, 0.2) is 12.6 Å². The Hall–Kier alpha value is -7.14. The minimum Gasteiger partial charge on any atom is -0.491 e. The molecule has 12 nitrogen and oxygen atoms in total. The quantitative estimate of drug-likeness (QED) is 0.0400. The van der Waals surface area contributed by atoms with Crippen LogP contribution in [-0.4, -0.2) is 81.7 Å². The first-order valence-corrected chi connectivity index (χ1v) is 28.4. The fraction of sp³-hybridized carbons (Fsp3) is 0.296. The van der Waals surface area contributed by atoms with Gasteiger partial charge in [-0.1, -0.05) is 243 Å². The lowest BCUT2D eigenvalue weighted by atomic mass is 9.97. The molecule has 0 saturated carbocycles. The van der Waals surface area contributed by atoms with Gasteiger partial charge in [0.25, 0.3) is 0 Å². The molecule has 430 valence electrons. The van der Waals surface area contributed by atoms with E-state index >= 15 is 0 Å². The zero-order valence-corrected chi connectivity index (χ0v) is 47.0. The smallest absolute Gasteiger partial charge is 0.187 e. The van der Waals surface area contributed by atoms with E-state index < -0.39 is 61.4 Å². The number of hydrogen-bond donors (Lipinski definition) is 0. The van der Waals surface area contributed by atoms with Gasteiger partial charge in [-0.25, -0.2) is 0 Å². The highest BCUT2D eigenvalue weighted by molar-refractivity contribution is 5.61. The van der Waals surface area contributed by atoms with Crippen LogP contribution in [-0.2, 0) is 110 Å². The van der Waals surface area contributed by atoms with Crippen LogP contribution in [0, 0.1) is 0 Å².